The minimum atomic E-state index is -0.159. The van der Waals surface area contributed by atoms with Crippen molar-refractivity contribution in [2.75, 3.05) is 6.61 Å². The van der Waals surface area contributed by atoms with Gasteiger partial charge in [-0.25, -0.2) is 9.87 Å². The normalized spacial score (nSPS) is 17.6. The Bertz CT molecular complexity index is 1480. The molecule has 0 radical (unpaired) electrons. The fraction of sp³-hybridized carbons (Fsp3) is 0.276. The summed E-state index contributed by atoms with van der Waals surface area (Å²) in [6.45, 7) is 4.70. The lowest BCUT2D eigenvalue weighted by Crippen LogP contribution is -2.37. The van der Waals surface area contributed by atoms with Crippen molar-refractivity contribution in [3.05, 3.63) is 94.3 Å². The lowest BCUT2D eigenvalue weighted by atomic mass is 9.99. The molecule has 0 saturated heterocycles. The van der Waals surface area contributed by atoms with Gasteiger partial charge in [-0.3, -0.25) is 9.83 Å². The molecule has 2 heterocycles. The highest BCUT2D eigenvalue weighted by atomic mass is 32.2. The van der Waals surface area contributed by atoms with Crippen molar-refractivity contribution >= 4 is 28.5 Å². The zero-order valence-corrected chi connectivity index (χ0v) is 21.1. The maximum atomic E-state index is 15.4. The van der Waals surface area contributed by atoms with E-state index in [1.165, 1.54) is 28.5 Å². The van der Waals surface area contributed by atoms with Crippen molar-refractivity contribution in [1.29, 1.82) is 0 Å². The summed E-state index contributed by atoms with van der Waals surface area (Å²) in [6.07, 6.45) is 2.87. The van der Waals surface area contributed by atoms with Gasteiger partial charge >= 0.3 is 0 Å². The van der Waals surface area contributed by atoms with Gasteiger partial charge < -0.3 is 0 Å². The first-order valence-corrected chi connectivity index (χ1v) is 13.1. The van der Waals surface area contributed by atoms with E-state index in [0.717, 1.165) is 41.3 Å². The number of hydrogen-bond donors (Lipinski definition) is 1. The Morgan fingerprint density at radius 2 is 1.89 bits per heavy atom. The number of halogens is 1. The van der Waals surface area contributed by atoms with Gasteiger partial charge in [0.05, 0.1) is 23.7 Å². The van der Waals surface area contributed by atoms with Gasteiger partial charge in [-0.05, 0) is 67.9 Å². The second kappa shape index (κ2) is 9.64. The van der Waals surface area contributed by atoms with E-state index in [-0.39, 0.29) is 11.9 Å². The van der Waals surface area contributed by atoms with Crippen LogP contribution >= 0.6 is 11.8 Å². The first kappa shape index (κ1) is 23.1. The van der Waals surface area contributed by atoms with Gasteiger partial charge in [-0.15, -0.1) is 10.2 Å². The number of aliphatic imine (C=N–C) groups is 1. The molecule has 3 aromatic carbocycles. The van der Waals surface area contributed by atoms with Gasteiger partial charge in [0.15, 0.2) is 5.84 Å². The molecule has 36 heavy (non-hydrogen) atoms. The standard InChI is InChI=1S/C29H27FN4OS/c1-17-10-11-20(18(2)14-17)15-21-16-35-34-28(31-21)26-23-6-3-4-8-24(23)32-33-29(26)36-25-9-5-7-22(27(25)30)19-12-13-19/h3-11,14,19,21H,12-13,15-16H2,1-2H3,(H,31,34). The molecule has 1 unspecified atom stereocenters. The summed E-state index contributed by atoms with van der Waals surface area (Å²) in [5, 5.41) is 10.4. The van der Waals surface area contributed by atoms with Gasteiger partial charge in [0.1, 0.15) is 10.8 Å². The fourth-order valence-electron chi connectivity index (χ4n) is 4.76. The quantitative estimate of drug-likeness (QED) is 0.338. The predicted molar refractivity (Wildman–Crippen MR) is 141 cm³/mol. The van der Waals surface area contributed by atoms with Crippen LogP contribution in [0.4, 0.5) is 4.39 Å². The van der Waals surface area contributed by atoms with Crippen LogP contribution in [0.1, 0.15) is 46.6 Å². The van der Waals surface area contributed by atoms with Crippen LogP contribution in [0.3, 0.4) is 0 Å². The van der Waals surface area contributed by atoms with Crippen LogP contribution in [0.15, 0.2) is 75.6 Å². The van der Waals surface area contributed by atoms with Crippen molar-refractivity contribution in [1.82, 2.24) is 15.7 Å². The van der Waals surface area contributed by atoms with Crippen molar-refractivity contribution in [3.8, 4) is 0 Å². The molecular weight excluding hydrogens is 471 g/mol. The number of hydrogen-bond acceptors (Lipinski definition) is 6. The van der Waals surface area contributed by atoms with Gasteiger partial charge in [-0.1, -0.05) is 65.9 Å². The third-order valence-electron chi connectivity index (χ3n) is 6.80. The summed E-state index contributed by atoms with van der Waals surface area (Å²) in [5.74, 6) is 0.772. The van der Waals surface area contributed by atoms with Crippen molar-refractivity contribution < 1.29 is 9.23 Å². The zero-order valence-electron chi connectivity index (χ0n) is 20.3. The van der Waals surface area contributed by atoms with E-state index in [9.17, 15) is 0 Å². The summed E-state index contributed by atoms with van der Waals surface area (Å²) in [5.41, 5.74) is 9.11. The van der Waals surface area contributed by atoms with Gasteiger partial charge in [-0.2, -0.15) is 0 Å². The number of rotatable bonds is 6. The Balaban J connectivity index is 1.40. The number of amidine groups is 1. The van der Waals surface area contributed by atoms with Crippen LogP contribution < -0.4 is 5.48 Å². The number of fused-ring (bicyclic) bond motifs is 1. The summed E-state index contributed by atoms with van der Waals surface area (Å²) in [6, 6.07) is 19.9. The topological polar surface area (TPSA) is 59.4 Å². The van der Waals surface area contributed by atoms with E-state index in [0.29, 0.717) is 28.3 Å². The third-order valence-corrected chi connectivity index (χ3v) is 7.81. The average Bonchev–Trinajstić information content (AvgIpc) is 3.72. The lowest BCUT2D eigenvalue weighted by molar-refractivity contribution is 0.0623. The third kappa shape index (κ3) is 4.61. The molecule has 2 aliphatic rings. The Morgan fingerprint density at radius 1 is 1.03 bits per heavy atom. The maximum Gasteiger partial charge on any atom is 0.156 e. The van der Waals surface area contributed by atoms with Crippen molar-refractivity contribution in [2.45, 2.75) is 55.0 Å². The van der Waals surface area contributed by atoms with Gasteiger partial charge in [0.2, 0.25) is 0 Å². The first-order chi connectivity index (χ1) is 17.6. The molecule has 5 nitrogen and oxygen atoms in total. The SMILES string of the molecule is Cc1ccc(CC2CONC(c3c(Sc4cccc(C5CC5)c4F)nnc4ccccc34)=N2)c(C)c1. The molecule has 0 spiro atoms. The van der Waals surface area contributed by atoms with E-state index in [4.69, 9.17) is 9.83 Å². The minimum Gasteiger partial charge on any atom is -0.272 e. The van der Waals surface area contributed by atoms with Crippen LogP contribution in [0.2, 0.25) is 0 Å². The highest BCUT2D eigenvalue weighted by Crippen LogP contribution is 2.44. The molecule has 0 amide bonds. The lowest BCUT2D eigenvalue weighted by Gasteiger charge is -2.24. The highest BCUT2D eigenvalue weighted by molar-refractivity contribution is 7.99. The maximum absolute atomic E-state index is 15.4. The van der Waals surface area contributed by atoms with E-state index >= 15 is 4.39 Å². The molecule has 0 bridgehead atoms. The van der Waals surface area contributed by atoms with Crippen LogP contribution in [0.25, 0.3) is 10.9 Å². The van der Waals surface area contributed by atoms with Gasteiger partial charge in [0.25, 0.3) is 0 Å². The van der Waals surface area contributed by atoms with Crippen LogP contribution in [0, 0.1) is 19.7 Å². The molecular formula is C29H27FN4OS. The number of hydroxylamine groups is 1. The Morgan fingerprint density at radius 3 is 2.72 bits per heavy atom. The molecule has 1 atom stereocenters. The minimum absolute atomic E-state index is 0.0534. The molecule has 4 aromatic rings. The highest BCUT2D eigenvalue weighted by Gasteiger charge is 2.29. The van der Waals surface area contributed by atoms with Crippen LogP contribution in [0.5, 0.6) is 0 Å². The largest absolute Gasteiger partial charge is 0.272 e. The second-order valence-corrected chi connectivity index (χ2v) is 10.6. The molecule has 6 rings (SSSR count). The molecule has 1 aliphatic heterocycles. The molecule has 1 aromatic heterocycles. The second-order valence-electron chi connectivity index (χ2n) is 9.61. The first-order valence-electron chi connectivity index (χ1n) is 12.3. The van der Waals surface area contributed by atoms with Crippen molar-refractivity contribution in [2.24, 2.45) is 4.99 Å². The molecule has 7 heteroatoms. The van der Waals surface area contributed by atoms with Gasteiger partial charge in [0, 0.05) is 10.3 Å². The number of nitrogens with zero attached hydrogens (tertiary/aromatic N) is 3. The average molecular weight is 499 g/mol. The molecule has 1 fully saturated rings. The summed E-state index contributed by atoms with van der Waals surface area (Å²) in [4.78, 5) is 11.4. The predicted octanol–water partition coefficient (Wildman–Crippen LogP) is 6.31. The van der Waals surface area contributed by atoms with E-state index in [1.54, 1.807) is 0 Å². The van der Waals surface area contributed by atoms with Crippen molar-refractivity contribution in [3.63, 3.8) is 0 Å². The Labute approximate surface area is 214 Å². The Kier molecular flexibility index (Phi) is 6.19. The fourth-order valence-corrected chi connectivity index (χ4v) is 5.71. The number of aromatic nitrogens is 2. The smallest absolute Gasteiger partial charge is 0.156 e. The van der Waals surface area contributed by atoms with Crippen LogP contribution in [-0.2, 0) is 11.3 Å². The summed E-state index contributed by atoms with van der Waals surface area (Å²) >= 11 is 1.29. The van der Waals surface area contributed by atoms with E-state index < -0.39 is 0 Å². The molecule has 182 valence electrons. The monoisotopic (exact) mass is 498 g/mol. The zero-order chi connectivity index (χ0) is 24.6. The van der Waals surface area contributed by atoms with Crippen LogP contribution in [-0.4, -0.2) is 28.7 Å². The number of benzene rings is 3. The number of nitrogens with one attached hydrogen (secondary N) is 1. The molecule has 1 N–H and O–H groups in total. The van der Waals surface area contributed by atoms with E-state index in [2.05, 4.69) is 47.7 Å². The Hall–Kier alpha value is -3.29. The molecule has 1 aliphatic carbocycles. The molecule has 1 saturated carbocycles. The number of aryl methyl sites for hydroxylation is 2. The van der Waals surface area contributed by atoms with E-state index in [1.807, 2.05) is 42.5 Å². The summed E-state index contributed by atoms with van der Waals surface area (Å²) < 4.78 is 15.4. The summed E-state index contributed by atoms with van der Waals surface area (Å²) in [7, 11) is 0.